The van der Waals surface area contributed by atoms with Gasteiger partial charge in [-0.3, -0.25) is 4.79 Å². The van der Waals surface area contributed by atoms with Crippen molar-refractivity contribution >= 4 is 17.5 Å². The molecule has 1 amide bonds. The van der Waals surface area contributed by atoms with E-state index in [0.29, 0.717) is 11.6 Å². The van der Waals surface area contributed by atoms with Gasteiger partial charge in [0, 0.05) is 36.6 Å². The molecule has 2 heterocycles. The monoisotopic (exact) mass is 319 g/mol. The van der Waals surface area contributed by atoms with E-state index in [9.17, 15) is 4.79 Å². The molecule has 0 spiro atoms. The number of ether oxygens (including phenoxy) is 1. The number of nitrogens with one attached hydrogen (secondary N) is 1. The first-order valence-electron chi connectivity index (χ1n) is 7.30. The number of nitrogens with zero attached hydrogens (tertiary/aromatic N) is 2. The Morgan fingerprint density at radius 3 is 2.95 bits per heavy atom. The van der Waals surface area contributed by atoms with Gasteiger partial charge in [0.25, 0.3) is 0 Å². The van der Waals surface area contributed by atoms with Crippen LogP contribution in [0.25, 0.3) is 0 Å². The number of halogens is 1. The molecular weight excluding hydrogens is 302 g/mol. The number of carbonyl (C=O) groups is 1. The lowest BCUT2D eigenvalue weighted by molar-refractivity contribution is -0.130. The summed E-state index contributed by atoms with van der Waals surface area (Å²) in [7, 11) is 1.89. The lowest BCUT2D eigenvalue weighted by Crippen LogP contribution is -2.38. The molecule has 2 aromatic rings. The minimum Gasteiger partial charge on any atom is -0.368 e. The summed E-state index contributed by atoms with van der Waals surface area (Å²) in [5, 5.41) is 3.63. The minimum atomic E-state index is -0.398. The van der Waals surface area contributed by atoms with Crippen molar-refractivity contribution in [3.63, 3.8) is 0 Å². The summed E-state index contributed by atoms with van der Waals surface area (Å²) < 4.78 is 7.34. The highest BCUT2D eigenvalue weighted by atomic mass is 35.5. The van der Waals surface area contributed by atoms with Crippen LogP contribution in [0.1, 0.15) is 30.3 Å². The molecule has 2 atom stereocenters. The summed E-state index contributed by atoms with van der Waals surface area (Å²) >= 11 is 6.31. The fourth-order valence-electron chi connectivity index (χ4n) is 2.67. The second kappa shape index (κ2) is 6.50. The predicted octanol–water partition coefficient (Wildman–Crippen LogP) is 2.46. The van der Waals surface area contributed by atoms with Crippen molar-refractivity contribution in [2.45, 2.75) is 25.0 Å². The van der Waals surface area contributed by atoms with E-state index in [2.05, 4.69) is 10.3 Å². The Hall–Kier alpha value is -1.85. The van der Waals surface area contributed by atoms with Crippen molar-refractivity contribution in [2.75, 3.05) is 6.61 Å². The van der Waals surface area contributed by atoms with Crippen LogP contribution in [0.15, 0.2) is 36.7 Å². The topological polar surface area (TPSA) is 56.2 Å². The van der Waals surface area contributed by atoms with Crippen LogP contribution in [-0.4, -0.2) is 28.2 Å². The maximum absolute atomic E-state index is 12.4. The number of aromatic nitrogens is 2. The molecule has 0 bridgehead atoms. The van der Waals surface area contributed by atoms with Gasteiger partial charge in [-0.05, 0) is 18.9 Å². The van der Waals surface area contributed by atoms with Crippen LogP contribution in [0.4, 0.5) is 0 Å². The first-order valence-corrected chi connectivity index (χ1v) is 7.68. The van der Waals surface area contributed by atoms with E-state index in [0.717, 1.165) is 24.2 Å². The standard InChI is InChI=1S/C16H18ClN3O2/c1-20-9-8-18-15(20)14(11-5-2-3-6-12(11)17)19-16(21)13-7-4-10-22-13/h2-3,5-6,8-9,13-14H,4,7,10H2,1H3,(H,19,21). The smallest absolute Gasteiger partial charge is 0.249 e. The highest BCUT2D eigenvalue weighted by Gasteiger charge is 2.29. The van der Waals surface area contributed by atoms with Gasteiger partial charge in [0.1, 0.15) is 18.0 Å². The molecular formula is C16H18ClN3O2. The quantitative estimate of drug-likeness (QED) is 0.942. The van der Waals surface area contributed by atoms with E-state index in [1.165, 1.54) is 0 Å². The summed E-state index contributed by atoms with van der Waals surface area (Å²) in [5.41, 5.74) is 0.824. The van der Waals surface area contributed by atoms with E-state index in [1.54, 1.807) is 6.20 Å². The first kappa shape index (κ1) is 15.1. The van der Waals surface area contributed by atoms with Crippen molar-refractivity contribution in [1.82, 2.24) is 14.9 Å². The zero-order valence-corrected chi connectivity index (χ0v) is 13.1. The van der Waals surface area contributed by atoms with Crippen LogP contribution < -0.4 is 5.32 Å². The SMILES string of the molecule is Cn1ccnc1C(NC(=O)C1CCCO1)c1ccccc1Cl. The number of rotatable bonds is 4. The molecule has 1 N–H and O–H groups in total. The van der Waals surface area contributed by atoms with Gasteiger partial charge in [-0.15, -0.1) is 0 Å². The molecule has 1 aliphatic heterocycles. The van der Waals surface area contributed by atoms with Gasteiger partial charge in [0.15, 0.2) is 0 Å². The average molecular weight is 320 g/mol. The molecule has 3 rings (SSSR count). The van der Waals surface area contributed by atoms with Crippen LogP contribution in [0, 0.1) is 0 Å². The second-order valence-electron chi connectivity index (χ2n) is 5.36. The largest absolute Gasteiger partial charge is 0.368 e. The van der Waals surface area contributed by atoms with E-state index in [4.69, 9.17) is 16.3 Å². The molecule has 0 saturated carbocycles. The maximum atomic E-state index is 12.4. The zero-order chi connectivity index (χ0) is 15.5. The van der Waals surface area contributed by atoms with Gasteiger partial charge in [0.2, 0.25) is 5.91 Å². The third-order valence-electron chi connectivity index (χ3n) is 3.84. The number of aryl methyl sites for hydroxylation is 1. The summed E-state index contributed by atoms with van der Waals surface area (Å²) in [6.45, 7) is 0.636. The van der Waals surface area contributed by atoms with Crippen molar-refractivity contribution in [2.24, 2.45) is 7.05 Å². The molecule has 116 valence electrons. The van der Waals surface area contributed by atoms with Crippen molar-refractivity contribution in [3.05, 3.63) is 53.1 Å². The fourth-order valence-corrected chi connectivity index (χ4v) is 2.91. The summed E-state index contributed by atoms with van der Waals surface area (Å²) in [6.07, 6.45) is 4.83. The predicted molar refractivity (Wildman–Crippen MR) is 83.6 cm³/mol. The lowest BCUT2D eigenvalue weighted by atomic mass is 10.1. The van der Waals surface area contributed by atoms with Gasteiger partial charge < -0.3 is 14.6 Å². The Morgan fingerprint density at radius 1 is 1.50 bits per heavy atom. The highest BCUT2D eigenvalue weighted by molar-refractivity contribution is 6.31. The summed E-state index contributed by atoms with van der Waals surface area (Å²) in [6, 6.07) is 7.08. The Morgan fingerprint density at radius 2 is 2.32 bits per heavy atom. The van der Waals surface area contributed by atoms with Crippen molar-refractivity contribution in [1.29, 1.82) is 0 Å². The molecule has 1 aromatic heterocycles. The highest BCUT2D eigenvalue weighted by Crippen LogP contribution is 2.27. The number of benzene rings is 1. The van der Waals surface area contributed by atoms with Gasteiger partial charge in [-0.2, -0.15) is 0 Å². The maximum Gasteiger partial charge on any atom is 0.249 e. The van der Waals surface area contributed by atoms with E-state index in [-0.39, 0.29) is 12.0 Å². The number of amides is 1. The van der Waals surface area contributed by atoms with Gasteiger partial charge in [-0.1, -0.05) is 29.8 Å². The minimum absolute atomic E-state index is 0.120. The number of imidazole rings is 1. The number of hydrogen-bond donors (Lipinski definition) is 1. The Labute approximate surface area is 134 Å². The number of carbonyl (C=O) groups excluding carboxylic acids is 1. The third-order valence-corrected chi connectivity index (χ3v) is 4.19. The zero-order valence-electron chi connectivity index (χ0n) is 12.3. The summed E-state index contributed by atoms with van der Waals surface area (Å²) in [4.78, 5) is 16.8. The van der Waals surface area contributed by atoms with Crippen LogP contribution >= 0.6 is 11.6 Å². The molecule has 22 heavy (non-hydrogen) atoms. The van der Waals surface area contributed by atoms with Crippen molar-refractivity contribution < 1.29 is 9.53 Å². The normalized spacial score (nSPS) is 19.1. The van der Waals surface area contributed by atoms with E-state index in [1.807, 2.05) is 42.1 Å². The van der Waals surface area contributed by atoms with Crippen LogP contribution in [0.5, 0.6) is 0 Å². The average Bonchev–Trinajstić information content (AvgIpc) is 3.17. The third kappa shape index (κ3) is 3.00. The Kier molecular flexibility index (Phi) is 4.45. The second-order valence-corrected chi connectivity index (χ2v) is 5.77. The Balaban J connectivity index is 1.91. The van der Waals surface area contributed by atoms with E-state index >= 15 is 0 Å². The molecule has 0 radical (unpaired) electrons. The molecule has 6 heteroatoms. The molecule has 5 nitrogen and oxygen atoms in total. The van der Waals surface area contributed by atoms with Crippen molar-refractivity contribution in [3.8, 4) is 0 Å². The van der Waals surface area contributed by atoms with E-state index < -0.39 is 6.04 Å². The molecule has 1 fully saturated rings. The Bertz CT molecular complexity index is 665. The molecule has 1 aromatic carbocycles. The van der Waals surface area contributed by atoms with Crippen LogP contribution in [0.3, 0.4) is 0 Å². The van der Waals surface area contributed by atoms with Gasteiger partial charge in [0.05, 0.1) is 0 Å². The van der Waals surface area contributed by atoms with Crippen LogP contribution in [-0.2, 0) is 16.6 Å². The molecule has 1 aliphatic rings. The molecule has 0 aliphatic carbocycles. The van der Waals surface area contributed by atoms with Gasteiger partial charge >= 0.3 is 0 Å². The van der Waals surface area contributed by atoms with Gasteiger partial charge in [-0.25, -0.2) is 4.98 Å². The first-order chi connectivity index (χ1) is 10.7. The lowest BCUT2D eigenvalue weighted by Gasteiger charge is -2.21. The fraction of sp³-hybridized carbons (Fsp3) is 0.375. The summed E-state index contributed by atoms with van der Waals surface area (Å²) in [5.74, 6) is 0.616. The molecule has 2 unspecified atom stereocenters. The molecule has 1 saturated heterocycles. The van der Waals surface area contributed by atoms with Crippen LogP contribution in [0.2, 0.25) is 5.02 Å². The number of hydrogen-bond acceptors (Lipinski definition) is 3.